The standard InChI is InChI=1S/C10H14N4O2S/c15-9(13-1-3-16-4-2-13)8-5-14(6-8)10-12-11-7-17-10/h7-8H,1-6H2. The van der Waals surface area contributed by atoms with Crippen LogP contribution in [0.25, 0.3) is 0 Å². The molecule has 0 N–H and O–H groups in total. The van der Waals surface area contributed by atoms with Crippen LogP contribution in [-0.2, 0) is 9.53 Å². The van der Waals surface area contributed by atoms with Gasteiger partial charge in [0, 0.05) is 26.2 Å². The Morgan fingerprint density at radius 3 is 2.82 bits per heavy atom. The molecule has 3 rings (SSSR count). The van der Waals surface area contributed by atoms with Crippen molar-refractivity contribution in [2.75, 3.05) is 44.3 Å². The second kappa shape index (κ2) is 4.58. The summed E-state index contributed by atoms with van der Waals surface area (Å²) in [5, 5.41) is 8.71. The molecule has 1 amide bonds. The molecule has 0 bridgehead atoms. The van der Waals surface area contributed by atoms with Gasteiger partial charge in [-0.05, 0) is 0 Å². The van der Waals surface area contributed by atoms with Gasteiger partial charge in [0.05, 0.1) is 19.1 Å². The minimum Gasteiger partial charge on any atom is -0.378 e. The van der Waals surface area contributed by atoms with Crippen molar-refractivity contribution in [3.63, 3.8) is 0 Å². The Bertz CT molecular complexity index is 385. The van der Waals surface area contributed by atoms with E-state index in [1.165, 1.54) is 11.3 Å². The fourth-order valence-corrected chi connectivity index (χ4v) is 2.72. The number of morpholine rings is 1. The van der Waals surface area contributed by atoms with Gasteiger partial charge in [0.25, 0.3) is 0 Å². The average molecular weight is 254 g/mol. The molecule has 6 nitrogen and oxygen atoms in total. The van der Waals surface area contributed by atoms with E-state index in [9.17, 15) is 4.79 Å². The van der Waals surface area contributed by atoms with Gasteiger partial charge in [-0.15, -0.1) is 10.2 Å². The van der Waals surface area contributed by atoms with Gasteiger partial charge < -0.3 is 14.5 Å². The van der Waals surface area contributed by atoms with Crippen LogP contribution >= 0.6 is 11.3 Å². The molecular weight excluding hydrogens is 240 g/mol. The Labute approximate surface area is 103 Å². The van der Waals surface area contributed by atoms with Gasteiger partial charge in [-0.3, -0.25) is 4.79 Å². The molecule has 2 aliphatic rings. The maximum atomic E-state index is 12.1. The topological polar surface area (TPSA) is 58.6 Å². The van der Waals surface area contributed by atoms with E-state index < -0.39 is 0 Å². The Morgan fingerprint density at radius 2 is 2.18 bits per heavy atom. The molecule has 1 aromatic rings. The van der Waals surface area contributed by atoms with Crippen LogP contribution in [0.5, 0.6) is 0 Å². The van der Waals surface area contributed by atoms with Crippen LogP contribution in [0.2, 0.25) is 0 Å². The molecule has 2 aliphatic heterocycles. The third-order valence-electron chi connectivity index (χ3n) is 3.17. The molecule has 2 saturated heterocycles. The molecule has 0 spiro atoms. The van der Waals surface area contributed by atoms with Crippen LogP contribution in [0.3, 0.4) is 0 Å². The molecule has 0 aromatic carbocycles. The summed E-state index contributed by atoms with van der Waals surface area (Å²) in [6, 6.07) is 0. The molecule has 0 aliphatic carbocycles. The van der Waals surface area contributed by atoms with Gasteiger partial charge in [0.15, 0.2) is 0 Å². The van der Waals surface area contributed by atoms with E-state index in [0.717, 1.165) is 31.3 Å². The monoisotopic (exact) mass is 254 g/mol. The van der Waals surface area contributed by atoms with Gasteiger partial charge >= 0.3 is 0 Å². The van der Waals surface area contributed by atoms with Crippen molar-refractivity contribution in [1.82, 2.24) is 15.1 Å². The zero-order valence-corrected chi connectivity index (χ0v) is 10.2. The van der Waals surface area contributed by atoms with Crippen LogP contribution in [0.15, 0.2) is 5.51 Å². The van der Waals surface area contributed by atoms with E-state index in [0.29, 0.717) is 13.2 Å². The Morgan fingerprint density at radius 1 is 1.41 bits per heavy atom. The summed E-state index contributed by atoms with van der Waals surface area (Å²) in [5.41, 5.74) is 1.71. The fourth-order valence-electron chi connectivity index (χ4n) is 2.14. The quantitative estimate of drug-likeness (QED) is 0.733. The second-order valence-corrected chi connectivity index (χ2v) is 5.07. The fraction of sp³-hybridized carbons (Fsp3) is 0.700. The normalized spacial score (nSPS) is 21.4. The largest absolute Gasteiger partial charge is 0.378 e. The highest BCUT2D eigenvalue weighted by Crippen LogP contribution is 2.26. The first-order chi connectivity index (χ1) is 8.34. The third kappa shape index (κ3) is 2.12. The van der Waals surface area contributed by atoms with Crippen molar-refractivity contribution in [3.8, 4) is 0 Å². The van der Waals surface area contributed by atoms with Gasteiger partial charge in [-0.2, -0.15) is 0 Å². The first kappa shape index (κ1) is 10.9. The van der Waals surface area contributed by atoms with Crippen molar-refractivity contribution in [2.45, 2.75) is 0 Å². The van der Waals surface area contributed by atoms with Crippen LogP contribution in [0, 0.1) is 5.92 Å². The van der Waals surface area contributed by atoms with Crippen molar-refractivity contribution in [2.24, 2.45) is 5.92 Å². The summed E-state index contributed by atoms with van der Waals surface area (Å²) < 4.78 is 5.24. The number of amides is 1. The highest BCUT2D eigenvalue weighted by molar-refractivity contribution is 7.13. The highest BCUT2D eigenvalue weighted by atomic mass is 32.1. The second-order valence-electron chi connectivity index (χ2n) is 4.26. The highest BCUT2D eigenvalue weighted by Gasteiger charge is 2.36. The molecule has 92 valence electrons. The van der Waals surface area contributed by atoms with Crippen LogP contribution < -0.4 is 4.90 Å². The summed E-state index contributed by atoms with van der Waals surface area (Å²) in [5.74, 6) is 0.381. The predicted molar refractivity (Wildman–Crippen MR) is 63.0 cm³/mol. The summed E-state index contributed by atoms with van der Waals surface area (Å²) in [7, 11) is 0. The third-order valence-corrected chi connectivity index (χ3v) is 3.92. The first-order valence-corrected chi connectivity index (χ1v) is 6.60. The smallest absolute Gasteiger partial charge is 0.229 e. The molecule has 1 aromatic heterocycles. The Hall–Kier alpha value is -1.21. The summed E-state index contributed by atoms with van der Waals surface area (Å²) in [6.45, 7) is 4.33. The average Bonchev–Trinajstić information content (AvgIpc) is 2.82. The molecule has 0 atom stereocenters. The van der Waals surface area contributed by atoms with E-state index in [1.807, 2.05) is 4.90 Å². The molecule has 2 fully saturated rings. The molecule has 0 radical (unpaired) electrons. The molecule has 0 saturated carbocycles. The summed E-state index contributed by atoms with van der Waals surface area (Å²) >= 11 is 1.51. The first-order valence-electron chi connectivity index (χ1n) is 5.72. The zero-order valence-electron chi connectivity index (χ0n) is 9.41. The molecular formula is C10H14N4O2S. The molecule has 3 heterocycles. The van der Waals surface area contributed by atoms with Crippen molar-refractivity contribution in [3.05, 3.63) is 5.51 Å². The number of nitrogens with zero attached hydrogens (tertiary/aromatic N) is 4. The van der Waals surface area contributed by atoms with Gasteiger partial charge in [-0.1, -0.05) is 11.3 Å². The van der Waals surface area contributed by atoms with Crippen molar-refractivity contribution >= 4 is 22.4 Å². The summed E-state index contributed by atoms with van der Waals surface area (Å²) in [6.07, 6.45) is 0. The van der Waals surface area contributed by atoms with Gasteiger partial charge in [0.2, 0.25) is 11.0 Å². The van der Waals surface area contributed by atoms with Crippen molar-refractivity contribution in [1.29, 1.82) is 0 Å². The van der Waals surface area contributed by atoms with Crippen LogP contribution in [0.1, 0.15) is 0 Å². The number of aromatic nitrogens is 2. The lowest BCUT2D eigenvalue weighted by molar-refractivity contribution is -0.140. The number of carbonyl (C=O) groups excluding carboxylic acids is 1. The Kier molecular flexibility index (Phi) is 2.94. The lowest BCUT2D eigenvalue weighted by Crippen LogP contribution is -2.56. The van der Waals surface area contributed by atoms with E-state index in [-0.39, 0.29) is 11.8 Å². The minimum atomic E-state index is 0.122. The number of anilines is 1. The van der Waals surface area contributed by atoms with Crippen LogP contribution in [0.4, 0.5) is 5.13 Å². The number of hydrogen-bond acceptors (Lipinski definition) is 6. The lowest BCUT2D eigenvalue weighted by Gasteiger charge is -2.40. The number of rotatable bonds is 2. The van der Waals surface area contributed by atoms with Crippen molar-refractivity contribution < 1.29 is 9.53 Å². The van der Waals surface area contributed by atoms with Gasteiger partial charge in [0.1, 0.15) is 5.51 Å². The molecule has 7 heteroatoms. The maximum absolute atomic E-state index is 12.1. The summed E-state index contributed by atoms with van der Waals surface area (Å²) in [4.78, 5) is 16.1. The SMILES string of the molecule is O=C(C1CN(c2nncs2)C1)N1CCOCC1. The minimum absolute atomic E-state index is 0.122. The number of carbonyl (C=O) groups is 1. The number of ether oxygens (including phenoxy) is 1. The molecule has 0 unspecified atom stereocenters. The predicted octanol–water partition coefficient (Wildman–Crippen LogP) is -0.167. The Balaban J connectivity index is 1.53. The van der Waals surface area contributed by atoms with E-state index in [1.54, 1.807) is 5.51 Å². The number of hydrogen-bond donors (Lipinski definition) is 0. The maximum Gasteiger partial charge on any atom is 0.229 e. The van der Waals surface area contributed by atoms with E-state index >= 15 is 0 Å². The van der Waals surface area contributed by atoms with Gasteiger partial charge in [-0.25, -0.2) is 0 Å². The van der Waals surface area contributed by atoms with Crippen LogP contribution in [-0.4, -0.2) is 60.4 Å². The van der Waals surface area contributed by atoms with E-state index in [2.05, 4.69) is 15.1 Å². The molecule has 17 heavy (non-hydrogen) atoms. The lowest BCUT2D eigenvalue weighted by atomic mass is 9.99. The zero-order chi connectivity index (χ0) is 11.7. The van der Waals surface area contributed by atoms with E-state index in [4.69, 9.17) is 4.74 Å².